The van der Waals surface area contributed by atoms with E-state index < -0.39 is 11.2 Å². The van der Waals surface area contributed by atoms with Crippen LogP contribution in [0.15, 0.2) is 24.3 Å². The van der Waals surface area contributed by atoms with Gasteiger partial charge < -0.3 is 5.73 Å². The maximum atomic E-state index is 6.91. The molecule has 3 N–H and O–H groups in total. The fourth-order valence-electron chi connectivity index (χ4n) is 3.92. The normalized spacial score (nSPS) is 30.8. The van der Waals surface area contributed by atoms with Gasteiger partial charge in [0.25, 0.3) is 0 Å². The van der Waals surface area contributed by atoms with Gasteiger partial charge in [0, 0.05) is 6.54 Å². The summed E-state index contributed by atoms with van der Waals surface area (Å²) in [6.07, 6.45) is 11.9. The fraction of sp³-hybridized carbons (Fsp3) is 0.571. The van der Waals surface area contributed by atoms with Crippen molar-refractivity contribution in [3.63, 3.8) is 0 Å². The molecule has 10 nitrogen and oxygen atoms in total. The third kappa shape index (κ3) is 2.03. The molecule has 1 aliphatic carbocycles. The summed E-state index contributed by atoms with van der Waals surface area (Å²) in [5.41, 5.74) is 5.69. The Hall–Kier alpha value is -2.46. The molecule has 126 valence electrons. The molecule has 0 amide bonds. The molecule has 1 aliphatic heterocycles. The van der Waals surface area contributed by atoms with Gasteiger partial charge in [-0.2, -0.15) is 9.90 Å². The van der Waals surface area contributed by atoms with Crippen LogP contribution in [0.25, 0.3) is 11.6 Å². The Labute approximate surface area is 138 Å². The quantitative estimate of drug-likeness (QED) is 0.795. The van der Waals surface area contributed by atoms with Crippen LogP contribution in [0.4, 0.5) is 0 Å². The van der Waals surface area contributed by atoms with Crippen LogP contribution in [0.1, 0.15) is 25.7 Å². The van der Waals surface area contributed by atoms with E-state index in [-0.39, 0.29) is 0 Å². The minimum Gasteiger partial charge on any atom is -0.318 e. The van der Waals surface area contributed by atoms with E-state index >= 15 is 0 Å². The number of nitrogens with two attached hydrogens (primary N) is 1. The summed E-state index contributed by atoms with van der Waals surface area (Å²) < 4.78 is 1.78. The van der Waals surface area contributed by atoms with E-state index in [2.05, 4.69) is 60.2 Å². The van der Waals surface area contributed by atoms with E-state index in [1.54, 1.807) is 4.68 Å². The van der Waals surface area contributed by atoms with Crippen LogP contribution in [0.3, 0.4) is 0 Å². The van der Waals surface area contributed by atoms with E-state index in [0.29, 0.717) is 18.1 Å². The summed E-state index contributed by atoms with van der Waals surface area (Å²) in [5.74, 6) is 0.822. The predicted octanol–water partition coefficient (Wildman–Crippen LogP) is -0.165. The minimum atomic E-state index is -0.634. The number of likely N-dealkylation sites (N-methyl/N-ethyl adjacent to an activating group) is 1. The average molecular weight is 328 g/mol. The summed E-state index contributed by atoms with van der Waals surface area (Å²) >= 11 is 0. The lowest BCUT2D eigenvalue weighted by Gasteiger charge is -2.54. The highest BCUT2D eigenvalue weighted by atomic mass is 15.6. The second-order valence-corrected chi connectivity index (χ2v) is 6.38. The maximum absolute atomic E-state index is 6.91. The molecule has 24 heavy (non-hydrogen) atoms. The number of piperidine rings is 1. The zero-order valence-electron chi connectivity index (χ0n) is 13.5. The summed E-state index contributed by atoms with van der Waals surface area (Å²) in [6.45, 7) is 0.919. The number of aromatic nitrogens is 8. The second kappa shape index (κ2) is 5.56. The number of hydrogen-bond acceptors (Lipinski definition) is 8. The Morgan fingerprint density at radius 2 is 2.17 bits per heavy atom. The van der Waals surface area contributed by atoms with Crippen molar-refractivity contribution >= 4 is 0 Å². The molecule has 0 aromatic carbocycles. The zero-order chi connectivity index (χ0) is 16.6. The Bertz CT molecular complexity index is 762. The standard InChI is InChI=1S/C14H20N10/c1-23-10-6-5-9-14(23,13(15)7-3-2-4-8-13)24-12(18-21-22-24)11-16-19-20-17-11/h2-4,7H,5-6,8-10,15H2,1H3,(H,16,17,19,20). The van der Waals surface area contributed by atoms with Gasteiger partial charge >= 0.3 is 0 Å². The molecule has 2 atom stereocenters. The lowest BCUT2D eigenvalue weighted by Crippen LogP contribution is -2.69. The smallest absolute Gasteiger partial charge is 0.243 e. The number of allylic oxidation sites excluding steroid dienone is 2. The molecule has 2 aromatic heterocycles. The van der Waals surface area contributed by atoms with Crippen LogP contribution in [-0.4, -0.2) is 64.9 Å². The molecule has 0 bridgehead atoms. The van der Waals surface area contributed by atoms with Crippen molar-refractivity contribution in [3.8, 4) is 11.6 Å². The number of hydrogen-bond donors (Lipinski definition) is 2. The van der Waals surface area contributed by atoms with Crippen molar-refractivity contribution in [2.24, 2.45) is 5.73 Å². The molecule has 2 aromatic rings. The maximum Gasteiger partial charge on any atom is 0.243 e. The van der Waals surface area contributed by atoms with Crippen LogP contribution in [0, 0.1) is 0 Å². The number of rotatable bonds is 3. The van der Waals surface area contributed by atoms with Gasteiger partial charge in [0.15, 0.2) is 0 Å². The van der Waals surface area contributed by atoms with Crippen molar-refractivity contribution in [2.75, 3.05) is 13.6 Å². The van der Waals surface area contributed by atoms with Crippen molar-refractivity contribution in [2.45, 2.75) is 36.9 Å². The number of H-pyrrole nitrogens is 1. The lowest BCUT2D eigenvalue weighted by molar-refractivity contribution is -0.0575. The largest absolute Gasteiger partial charge is 0.318 e. The van der Waals surface area contributed by atoms with E-state index in [0.717, 1.165) is 25.8 Å². The minimum absolute atomic E-state index is 0.359. The van der Waals surface area contributed by atoms with E-state index in [4.69, 9.17) is 5.73 Å². The second-order valence-electron chi connectivity index (χ2n) is 6.38. The first kappa shape index (κ1) is 15.1. The van der Waals surface area contributed by atoms with Crippen LogP contribution in [0.5, 0.6) is 0 Å². The molecule has 1 saturated heterocycles. The number of tetrazole rings is 2. The van der Waals surface area contributed by atoms with E-state index in [9.17, 15) is 0 Å². The molecule has 0 spiro atoms. The monoisotopic (exact) mass is 328 g/mol. The third-order valence-corrected chi connectivity index (χ3v) is 5.11. The zero-order valence-corrected chi connectivity index (χ0v) is 13.5. The molecule has 1 fully saturated rings. The lowest BCUT2D eigenvalue weighted by atomic mass is 9.74. The van der Waals surface area contributed by atoms with Crippen LogP contribution in [0.2, 0.25) is 0 Å². The van der Waals surface area contributed by atoms with Gasteiger partial charge in [-0.25, -0.2) is 0 Å². The molecule has 4 rings (SSSR count). The molecule has 0 radical (unpaired) electrons. The Morgan fingerprint density at radius 1 is 1.25 bits per heavy atom. The van der Waals surface area contributed by atoms with Gasteiger partial charge in [-0.15, -0.1) is 15.3 Å². The first-order valence-electron chi connectivity index (χ1n) is 8.05. The SMILES string of the molecule is CN1CCCCC1(n1nnnc1-c1nn[nH]n1)C1(N)C=CC=CC1. The summed E-state index contributed by atoms with van der Waals surface area (Å²) in [4.78, 5) is 2.25. The molecule has 2 aliphatic rings. The van der Waals surface area contributed by atoms with Crippen molar-refractivity contribution in [1.82, 2.24) is 45.7 Å². The highest BCUT2D eigenvalue weighted by Crippen LogP contribution is 2.44. The highest BCUT2D eigenvalue weighted by Gasteiger charge is 2.54. The van der Waals surface area contributed by atoms with Gasteiger partial charge in [0.1, 0.15) is 5.66 Å². The van der Waals surface area contributed by atoms with Gasteiger partial charge in [-0.05, 0) is 48.4 Å². The first-order chi connectivity index (χ1) is 11.7. The van der Waals surface area contributed by atoms with Crippen LogP contribution >= 0.6 is 0 Å². The Kier molecular flexibility index (Phi) is 3.50. The Balaban J connectivity index is 1.91. The molecular weight excluding hydrogens is 308 g/mol. The van der Waals surface area contributed by atoms with E-state index in [1.807, 2.05) is 12.2 Å². The summed E-state index contributed by atoms with van der Waals surface area (Å²) in [6, 6.07) is 0. The first-order valence-corrected chi connectivity index (χ1v) is 8.05. The van der Waals surface area contributed by atoms with Gasteiger partial charge in [-0.1, -0.05) is 24.3 Å². The number of likely N-dealkylation sites (tertiary alicyclic amines) is 1. The van der Waals surface area contributed by atoms with Gasteiger partial charge in [-0.3, -0.25) is 4.90 Å². The molecular formula is C14H20N10. The Morgan fingerprint density at radius 3 is 2.88 bits per heavy atom. The molecule has 0 saturated carbocycles. The van der Waals surface area contributed by atoms with Crippen LogP contribution in [-0.2, 0) is 5.66 Å². The average Bonchev–Trinajstić information content (AvgIpc) is 3.27. The number of nitrogens with zero attached hydrogens (tertiary/aromatic N) is 8. The molecule has 10 heteroatoms. The fourth-order valence-corrected chi connectivity index (χ4v) is 3.92. The molecule has 3 heterocycles. The number of aromatic amines is 1. The van der Waals surface area contributed by atoms with Gasteiger partial charge in [0.05, 0.1) is 5.54 Å². The van der Waals surface area contributed by atoms with E-state index in [1.165, 1.54) is 0 Å². The third-order valence-electron chi connectivity index (χ3n) is 5.11. The van der Waals surface area contributed by atoms with Crippen molar-refractivity contribution < 1.29 is 0 Å². The number of nitrogens with one attached hydrogen (secondary N) is 1. The summed E-state index contributed by atoms with van der Waals surface area (Å²) in [5, 5.41) is 26.4. The predicted molar refractivity (Wildman–Crippen MR) is 85.3 cm³/mol. The van der Waals surface area contributed by atoms with Crippen LogP contribution < -0.4 is 5.73 Å². The topological polar surface area (TPSA) is 127 Å². The van der Waals surface area contributed by atoms with Crippen molar-refractivity contribution in [3.05, 3.63) is 24.3 Å². The summed E-state index contributed by atoms with van der Waals surface area (Å²) in [7, 11) is 2.07. The van der Waals surface area contributed by atoms with Crippen molar-refractivity contribution in [1.29, 1.82) is 0 Å². The highest BCUT2D eigenvalue weighted by molar-refractivity contribution is 5.41. The molecule has 2 unspecified atom stereocenters. The van der Waals surface area contributed by atoms with Gasteiger partial charge in [0.2, 0.25) is 11.6 Å².